The van der Waals surface area contributed by atoms with E-state index in [1.54, 1.807) is 25.1 Å². The Morgan fingerprint density at radius 3 is 2.54 bits per heavy atom. The van der Waals surface area contributed by atoms with E-state index >= 15 is 0 Å². The number of carbonyl (C=O) groups is 4. The highest BCUT2D eigenvalue weighted by atomic mass is 35.5. The van der Waals surface area contributed by atoms with E-state index < -0.39 is 35.8 Å². The lowest BCUT2D eigenvalue weighted by Gasteiger charge is -2.36. The number of nitrogens with one attached hydrogen (secondary N) is 1. The van der Waals surface area contributed by atoms with Crippen LogP contribution in [-0.4, -0.2) is 97.4 Å². The molecule has 4 bridgehead atoms. The minimum atomic E-state index is -1.37. The normalized spacial score (nSPS) is 25.3. The quantitative estimate of drug-likeness (QED) is 0.245. The Balaban J connectivity index is 0.000000284. The number of amides is 3. The molecule has 0 aliphatic carbocycles. The van der Waals surface area contributed by atoms with E-state index in [1.807, 2.05) is 37.3 Å². The topological polar surface area (TPSA) is 193 Å². The fraction of sp³-hybridized carbons (Fsp3) is 0.459. The molecule has 2 aromatic rings. The van der Waals surface area contributed by atoms with Crippen molar-refractivity contribution in [3.8, 4) is 11.5 Å². The lowest BCUT2D eigenvalue weighted by atomic mass is 9.96. The number of hydrogen-bond acceptors (Lipinski definition) is 10. The summed E-state index contributed by atoms with van der Waals surface area (Å²) in [6, 6.07) is 7.47. The molecule has 282 valence electrons. The number of hydrogen-bond donors (Lipinski definition) is 4. The zero-order chi connectivity index (χ0) is 38.3. The largest absolute Gasteiger partial charge is 0.496 e. The van der Waals surface area contributed by atoms with Gasteiger partial charge in [0.2, 0.25) is 5.91 Å². The number of alkyl carbamates (subject to hydrolysis) is 1. The first-order valence-electron chi connectivity index (χ1n) is 16.8. The van der Waals surface area contributed by atoms with Crippen molar-refractivity contribution in [1.29, 1.82) is 0 Å². The molecule has 3 aliphatic heterocycles. The van der Waals surface area contributed by atoms with Gasteiger partial charge in [-0.2, -0.15) is 0 Å². The van der Waals surface area contributed by atoms with Crippen molar-refractivity contribution in [3.63, 3.8) is 0 Å². The number of nitrogens with zero attached hydrogens (tertiary/aromatic N) is 2. The van der Waals surface area contributed by atoms with Gasteiger partial charge < -0.3 is 44.7 Å². The number of benzene rings is 2. The average molecular weight is 743 g/mol. The number of halogens is 1. The third-order valence-corrected chi connectivity index (χ3v) is 9.58. The van der Waals surface area contributed by atoms with Crippen LogP contribution in [0, 0.1) is 0 Å². The molecule has 0 radical (unpaired) electrons. The third-order valence-electron chi connectivity index (χ3n) is 9.20. The monoisotopic (exact) mass is 742 g/mol. The zero-order valence-electron chi connectivity index (χ0n) is 30.2. The molecule has 0 saturated carbocycles. The molecule has 2 aromatic carbocycles. The number of rotatable bonds is 5. The van der Waals surface area contributed by atoms with Gasteiger partial charge >= 0.3 is 12.1 Å². The molecule has 3 amide bonds. The van der Waals surface area contributed by atoms with Crippen molar-refractivity contribution in [2.24, 2.45) is 0 Å². The average Bonchev–Trinajstić information content (AvgIpc) is 3.84. The van der Waals surface area contributed by atoms with Crippen LogP contribution in [-0.2, 0) is 25.5 Å². The van der Waals surface area contributed by atoms with Gasteiger partial charge in [0.1, 0.15) is 34.4 Å². The Hall–Kier alpha value is -4.79. The summed E-state index contributed by atoms with van der Waals surface area (Å²) in [7, 11) is 6.11. The molecular weight excluding hydrogens is 696 g/mol. The van der Waals surface area contributed by atoms with E-state index in [-0.39, 0.29) is 36.5 Å². The minimum Gasteiger partial charge on any atom is -0.496 e. The molecule has 14 nitrogen and oxygen atoms in total. The fourth-order valence-electron chi connectivity index (χ4n) is 6.00. The van der Waals surface area contributed by atoms with Crippen molar-refractivity contribution < 1.29 is 48.3 Å². The van der Waals surface area contributed by atoms with Crippen LogP contribution in [0.1, 0.15) is 61.9 Å². The number of anilines is 2. The first-order valence-corrected chi connectivity index (χ1v) is 17.2. The van der Waals surface area contributed by atoms with Gasteiger partial charge in [-0.3, -0.25) is 14.9 Å². The Bertz CT molecular complexity index is 1730. The van der Waals surface area contributed by atoms with Crippen LogP contribution < -0.4 is 25.4 Å². The number of methoxy groups -OCH3 is 2. The molecule has 0 spiro atoms. The Morgan fingerprint density at radius 2 is 1.87 bits per heavy atom. The molecule has 5 rings (SSSR count). The van der Waals surface area contributed by atoms with E-state index in [2.05, 4.69) is 5.32 Å². The second-order valence-corrected chi connectivity index (χ2v) is 13.5. The first-order chi connectivity index (χ1) is 24.5. The number of allylic oxidation sites excluding steroid dienone is 3. The molecule has 0 aromatic heterocycles. The maximum atomic E-state index is 12.9. The minimum absolute atomic E-state index is 0.0777. The van der Waals surface area contributed by atoms with Crippen LogP contribution in [0.3, 0.4) is 0 Å². The summed E-state index contributed by atoms with van der Waals surface area (Å²) in [4.78, 5) is 50.6. The molecule has 5 atom stereocenters. The summed E-state index contributed by atoms with van der Waals surface area (Å²) in [5, 5.41) is 22.7. The Labute approximate surface area is 308 Å². The van der Waals surface area contributed by atoms with Gasteiger partial charge in [-0.05, 0) is 56.5 Å². The number of nitrogen functional groups attached to an aromatic ring is 1. The highest BCUT2D eigenvalue weighted by Crippen LogP contribution is 2.38. The van der Waals surface area contributed by atoms with Crippen LogP contribution in [0.5, 0.6) is 11.5 Å². The predicted molar refractivity (Wildman–Crippen MR) is 195 cm³/mol. The summed E-state index contributed by atoms with van der Waals surface area (Å²) in [5.74, 6) is -0.739. The summed E-state index contributed by atoms with van der Waals surface area (Å²) in [5.41, 5.74) is 7.59. The lowest BCUT2D eigenvalue weighted by Crippen LogP contribution is -2.56. The van der Waals surface area contributed by atoms with Crippen LogP contribution in [0.4, 0.5) is 16.2 Å². The number of aliphatic hydroxyl groups is 1. The van der Waals surface area contributed by atoms with Crippen LogP contribution in [0.2, 0.25) is 5.02 Å². The number of epoxide rings is 1. The first kappa shape index (κ1) is 40.0. The van der Waals surface area contributed by atoms with Crippen molar-refractivity contribution in [3.05, 3.63) is 70.3 Å². The van der Waals surface area contributed by atoms with Gasteiger partial charge in [-0.25, -0.2) is 9.59 Å². The van der Waals surface area contributed by atoms with Gasteiger partial charge in [0.25, 0.3) is 5.91 Å². The molecule has 3 heterocycles. The molecule has 52 heavy (non-hydrogen) atoms. The fourth-order valence-corrected chi connectivity index (χ4v) is 6.31. The van der Waals surface area contributed by atoms with Gasteiger partial charge in [-0.1, -0.05) is 35.4 Å². The van der Waals surface area contributed by atoms with Crippen LogP contribution >= 0.6 is 11.6 Å². The molecule has 2 fully saturated rings. The molecular formula is C37H47ClN4O10. The second-order valence-electron chi connectivity index (χ2n) is 13.2. The Morgan fingerprint density at radius 1 is 1.15 bits per heavy atom. The number of fused-ring (bicyclic) bond motifs is 5. The van der Waals surface area contributed by atoms with E-state index in [0.717, 1.165) is 16.0 Å². The molecule has 2 saturated heterocycles. The van der Waals surface area contributed by atoms with Crippen molar-refractivity contribution in [2.75, 3.05) is 38.9 Å². The molecule has 15 heteroatoms. The van der Waals surface area contributed by atoms with E-state index in [1.165, 1.54) is 33.2 Å². The number of aliphatic carboxylic acids is 1. The number of ether oxygens (including phenoxy) is 4. The van der Waals surface area contributed by atoms with Crippen LogP contribution in [0.25, 0.3) is 0 Å². The maximum Gasteiger partial charge on any atom is 0.409 e. The highest BCUT2D eigenvalue weighted by molar-refractivity contribution is 6.35. The summed E-state index contributed by atoms with van der Waals surface area (Å²) in [6.07, 6.45) is 6.86. The standard InChI is InChI=1S/C25H31ClN2O6.C12H16N2O4/c1-15-6-4-5-9-25(31)14-17(33-24(30)27-25)13-20-19(34-20)7-8-22(29)28(2)18-11-16(10-15)12-21(32-3)23(18)26;1-7(12(16)17)14(2)11(15)9-5-4-8(13)6-10(9)18-3/h4-6,11-12,17,19-20,31H,7-10,13-14H2,1-3H3,(H,27,30);4-7H,13H2,1-3H3,(H,16,17)/b5-4+,15-6+;/t17?,19?,20?,25-;7-/m10/s1. The zero-order valence-corrected chi connectivity index (χ0v) is 30.9. The van der Waals surface area contributed by atoms with E-state index in [9.17, 15) is 24.3 Å². The number of carboxylic acids is 1. The van der Waals surface area contributed by atoms with E-state index in [4.69, 9.17) is 41.4 Å². The van der Waals surface area contributed by atoms with Crippen LogP contribution in [0.15, 0.2) is 54.1 Å². The van der Waals surface area contributed by atoms with Gasteiger partial charge in [0.05, 0.1) is 37.7 Å². The number of likely N-dealkylation sites (N-methyl/N-ethyl adjacent to an activating group) is 1. The number of nitrogens with two attached hydrogens (primary N) is 1. The van der Waals surface area contributed by atoms with Gasteiger partial charge in [0, 0.05) is 51.5 Å². The second kappa shape index (κ2) is 17.2. The number of carboxylic acid groups (broad SMARTS) is 1. The van der Waals surface area contributed by atoms with E-state index in [0.29, 0.717) is 53.6 Å². The Kier molecular flexibility index (Phi) is 13.2. The molecule has 5 N–H and O–H groups in total. The van der Waals surface area contributed by atoms with Crippen molar-refractivity contribution in [1.82, 2.24) is 10.2 Å². The summed E-state index contributed by atoms with van der Waals surface area (Å²) < 4.78 is 21.6. The smallest absolute Gasteiger partial charge is 0.409 e. The van der Waals surface area contributed by atoms with Gasteiger partial charge in [0.15, 0.2) is 0 Å². The number of carbonyl (C=O) groups excluding carboxylic acids is 3. The summed E-state index contributed by atoms with van der Waals surface area (Å²) in [6.45, 7) is 3.43. The van der Waals surface area contributed by atoms with Crippen molar-refractivity contribution >= 4 is 46.9 Å². The van der Waals surface area contributed by atoms with Crippen molar-refractivity contribution in [2.45, 2.75) is 82.5 Å². The highest BCUT2D eigenvalue weighted by Gasteiger charge is 2.45. The molecule has 3 unspecified atom stereocenters. The lowest BCUT2D eigenvalue weighted by molar-refractivity contribution is -0.141. The third kappa shape index (κ3) is 10.2. The molecule has 3 aliphatic rings. The van der Waals surface area contributed by atoms with Gasteiger partial charge in [-0.15, -0.1) is 0 Å². The SMILES string of the molecule is COc1cc(N)ccc1C(=O)N(C)[C@@H](C)C(=O)O.COc1cc2cc(c1Cl)N(C)C(=O)CCC1OC1CC1C[C@](O)(C/C=C/C=C(\C)C2)NC(=O)O1. The maximum absolute atomic E-state index is 12.9. The predicted octanol–water partition coefficient (Wildman–Crippen LogP) is 4.71. The summed E-state index contributed by atoms with van der Waals surface area (Å²) >= 11 is 6.54.